The molecule has 2 saturated heterocycles. The Kier molecular flexibility index (Phi) is 3.97. The number of rotatable bonds is 3. The number of hydrogen-bond donors (Lipinski definition) is 1. The summed E-state index contributed by atoms with van der Waals surface area (Å²) in [6.07, 6.45) is 5.92. The van der Waals surface area contributed by atoms with E-state index in [0.29, 0.717) is 12.0 Å². The summed E-state index contributed by atoms with van der Waals surface area (Å²) in [6, 6.07) is 11.8. The lowest BCUT2D eigenvalue weighted by atomic mass is 10.1. The molecule has 5 rings (SSSR count). The average Bonchev–Trinajstić information content (AvgIpc) is 3.30. The lowest BCUT2D eigenvalue weighted by Crippen LogP contribution is -2.56. The highest BCUT2D eigenvalue weighted by molar-refractivity contribution is 5.87. The molecule has 1 amide bonds. The van der Waals surface area contributed by atoms with Gasteiger partial charge in [-0.05, 0) is 36.6 Å². The second-order valence-electron chi connectivity index (χ2n) is 7.51. The van der Waals surface area contributed by atoms with E-state index in [9.17, 15) is 4.79 Å². The van der Waals surface area contributed by atoms with Crippen molar-refractivity contribution in [3.8, 4) is 6.07 Å². The van der Waals surface area contributed by atoms with Crippen molar-refractivity contribution in [2.24, 2.45) is 0 Å². The first kappa shape index (κ1) is 16.8. The van der Waals surface area contributed by atoms with Crippen LogP contribution in [0.5, 0.6) is 0 Å². The number of hydrogen-bond acceptors (Lipinski definition) is 5. The topological polar surface area (TPSA) is 88.9 Å². The van der Waals surface area contributed by atoms with Crippen molar-refractivity contribution < 1.29 is 4.79 Å². The summed E-state index contributed by atoms with van der Waals surface area (Å²) in [5, 5.41) is 9.95. The third kappa shape index (κ3) is 2.78. The Morgan fingerprint density at radius 1 is 1.14 bits per heavy atom. The number of nitrogens with zero attached hydrogens (tertiary/aromatic N) is 5. The second kappa shape index (κ2) is 6.64. The van der Waals surface area contributed by atoms with Gasteiger partial charge in [0, 0.05) is 31.4 Å². The summed E-state index contributed by atoms with van der Waals surface area (Å²) in [5.74, 6) is 1.12. The summed E-state index contributed by atoms with van der Waals surface area (Å²) >= 11 is 0. The van der Waals surface area contributed by atoms with Crippen molar-refractivity contribution in [1.82, 2.24) is 19.9 Å². The van der Waals surface area contributed by atoms with Crippen molar-refractivity contribution >= 4 is 22.8 Å². The van der Waals surface area contributed by atoms with E-state index in [1.165, 1.54) is 0 Å². The van der Waals surface area contributed by atoms with E-state index in [2.05, 4.69) is 30.8 Å². The number of piperazine rings is 1. The molecule has 2 atom stereocenters. The minimum atomic E-state index is 0.173. The number of carbonyl (C=O) groups is 1. The number of nitrogens with one attached hydrogen (secondary N) is 1. The van der Waals surface area contributed by atoms with Crippen LogP contribution in [0.2, 0.25) is 0 Å². The van der Waals surface area contributed by atoms with Gasteiger partial charge in [0.25, 0.3) is 0 Å². The van der Waals surface area contributed by atoms with Gasteiger partial charge in [-0.15, -0.1) is 0 Å². The highest BCUT2D eigenvalue weighted by atomic mass is 16.2. The molecule has 3 aromatic rings. The molecule has 2 bridgehead atoms. The molecule has 0 saturated carbocycles. The molecule has 2 aliphatic rings. The molecular weight excluding hydrogens is 352 g/mol. The van der Waals surface area contributed by atoms with Crippen LogP contribution in [-0.2, 0) is 11.2 Å². The zero-order chi connectivity index (χ0) is 19.1. The Morgan fingerprint density at radius 2 is 1.89 bits per heavy atom. The Bertz CT molecular complexity index is 1050. The molecular formula is C21H20N6O. The van der Waals surface area contributed by atoms with Crippen LogP contribution in [0.1, 0.15) is 24.0 Å². The monoisotopic (exact) mass is 372 g/mol. The van der Waals surface area contributed by atoms with Gasteiger partial charge in [-0.25, -0.2) is 9.97 Å². The summed E-state index contributed by atoms with van der Waals surface area (Å²) in [5.41, 5.74) is 2.41. The van der Waals surface area contributed by atoms with Crippen LogP contribution in [0.15, 0.2) is 42.9 Å². The largest absolute Gasteiger partial charge is 0.352 e. The zero-order valence-electron chi connectivity index (χ0n) is 15.4. The smallest absolute Gasteiger partial charge is 0.227 e. The van der Waals surface area contributed by atoms with Gasteiger partial charge in [0.15, 0.2) is 0 Å². The van der Waals surface area contributed by atoms with E-state index in [1.54, 1.807) is 18.5 Å². The Balaban J connectivity index is 1.33. The van der Waals surface area contributed by atoms with Gasteiger partial charge in [-0.2, -0.15) is 5.26 Å². The van der Waals surface area contributed by atoms with Gasteiger partial charge < -0.3 is 14.8 Å². The van der Waals surface area contributed by atoms with Gasteiger partial charge >= 0.3 is 0 Å². The van der Waals surface area contributed by atoms with Gasteiger partial charge in [-0.3, -0.25) is 4.79 Å². The maximum absolute atomic E-state index is 13.0. The van der Waals surface area contributed by atoms with Crippen molar-refractivity contribution in [2.45, 2.75) is 31.3 Å². The third-order valence-electron chi connectivity index (χ3n) is 5.84. The van der Waals surface area contributed by atoms with Gasteiger partial charge in [0.05, 0.1) is 23.4 Å². The molecule has 2 fully saturated rings. The van der Waals surface area contributed by atoms with Crippen LogP contribution in [0, 0.1) is 11.3 Å². The van der Waals surface area contributed by atoms with E-state index in [4.69, 9.17) is 5.26 Å². The maximum atomic E-state index is 13.0. The van der Waals surface area contributed by atoms with Crippen molar-refractivity contribution in [1.29, 1.82) is 5.26 Å². The standard InChI is InChI=1S/C21H20N6O/c22-10-15-3-1-14(2-4-15)9-19(28)27-16-5-6-17(27)12-26(11-16)21-18-7-8-23-20(18)24-13-25-21/h1-4,7-8,13,16-17H,5-6,9,11-12H2,(H,23,24,25)/t16-,17-/m1/s1. The van der Waals surface area contributed by atoms with E-state index >= 15 is 0 Å². The molecule has 140 valence electrons. The first-order valence-electron chi connectivity index (χ1n) is 9.56. The van der Waals surface area contributed by atoms with E-state index in [0.717, 1.165) is 48.3 Å². The molecule has 2 aromatic heterocycles. The van der Waals surface area contributed by atoms with Crippen molar-refractivity contribution in [3.05, 3.63) is 54.0 Å². The summed E-state index contributed by atoms with van der Waals surface area (Å²) in [6.45, 7) is 1.60. The first-order valence-corrected chi connectivity index (χ1v) is 9.56. The van der Waals surface area contributed by atoms with E-state index in [1.807, 2.05) is 24.4 Å². The first-order chi connectivity index (χ1) is 13.7. The van der Waals surface area contributed by atoms with Gasteiger partial charge in [0.1, 0.15) is 17.8 Å². The number of carbonyl (C=O) groups excluding carboxylic acids is 1. The summed E-state index contributed by atoms with van der Waals surface area (Å²) < 4.78 is 0. The highest BCUT2D eigenvalue weighted by Gasteiger charge is 2.42. The second-order valence-corrected chi connectivity index (χ2v) is 7.51. The fourth-order valence-corrected chi connectivity index (χ4v) is 4.56. The molecule has 2 aliphatic heterocycles. The van der Waals surface area contributed by atoms with E-state index < -0.39 is 0 Å². The van der Waals surface area contributed by atoms with Crippen LogP contribution in [-0.4, -0.2) is 50.9 Å². The fourth-order valence-electron chi connectivity index (χ4n) is 4.56. The molecule has 0 aliphatic carbocycles. The normalized spacial score (nSPS) is 21.1. The number of amides is 1. The molecule has 1 aromatic carbocycles. The quantitative estimate of drug-likeness (QED) is 0.762. The van der Waals surface area contributed by atoms with E-state index in [-0.39, 0.29) is 18.0 Å². The minimum absolute atomic E-state index is 0.173. The number of benzene rings is 1. The molecule has 1 N–H and O–H groups in total. The Morgan fingerprint density at radius 3 is 2.61 bits per heavy atom. The molecule has 0 unspecified atom stereocenters. The number of fused-ring (bicyclic) bond motifs is 3. The Labute approximate surface area is 162 Å². The number of nitriles is 1. The predicted octanol–water partition coefficient (Wildman–Crippen LogP) is 2.25. The molecule has 0 spiro atoms. The predicted molar refractivity (Wildman–Crippen MR) is 105 cm³/mol. The molecule has 4 heterocycles. The molecule has 7 heteroatoms. The Hall–Kier alpha value is -3.40. The zero-order valence-corrected chi connectivity index (χ0v) is 15.4. The van der Waals surface area contributed by atoms with Crippen LogP contribution in [0.25, 0.3) is 11.0 Å². The van der Waals surface area contributed by atoms with Crippen LogP contribution < -0.4 is 4.90 Å². The van der Waals surface area contributed by atoms with Crippen LogP contribution in [0.4, 0.5) is 5.82 Å². The third-order valence-corrected chi connectivity index (χ3v) is 5.84. The van der Waals surface area contributed by atoms with Crippen LogP contribution in [0.3, 0.4) is 0 Å². The average molecular weight is 372 g/mol. The maximum Gasteiger partial charge on any atom is 0.227 e. The van der Waals surface area contributed by atoms with Gasteiger partial charge in [-0.1, -0.05) is 12.1 Å². The number of aromatic amines is 1. The molecule has 28 heavy (non-hydrogen) atoms. The molecule has 0 radical (unpaired) electrons. The summed E-state index contributed by atoms with van der Waals surface area (Å²) in [7, 11) is 0. The fraction of sp³-hybridized carbons (Fsp3) is 0.333. The molecule has 7 nitrogen and oxygen atoms in total. The number of anilines is 1. The number of H-pyrrole nitrogens is 1. The highest BCUT2D eigenvalue weighted by Crippen LogP contribution is 2.34. The number of aromatic nitrogens is 3. The lowest BCUT2D eigenvalue weighted by Gasteiger charge is -2.41. The lowest BCUT2D eigenvalue weighted by molar-refractivity contribution is -0.133. The van der Waals surface area contributed by atoms with Gasteiger partial charge in [0.2, 0.25) is 5.91 Å². The van der Waals surface area contributed by atoms with Crippen molar-refractivity contribution in [3.63, 3.8) is 0 Å². The van der Waals surface area contributed by atoms with Crippen LogP contribution >= 0.6 is 0 Å². The SMILES string of the molecule is N#Cc1ccc(CC(=O)N2[C@@H]3CC[C@@H]2CN(c2ncnc4[nH]ccc24)C3)cc1. The minimum Gasteiger partial charge on any atom is -0.352 e. The van der Waals surface area contributed by atoms with Crippen molar-refractivity contribution in [2.75, 3.05) is 18.0 Å². The summed E-state index contributed by atoms with van der Waals surface area (Å²) in [4.78, 5) is 29.3.